The van der Waals surface area contributed by atoms with Gasteiger partial charge in [0, 0.05) is 38.3 Å². The second kappa shape index (κ2) is 8.03. The highest BCUT2D eigenvalue weighted by molar-refractivity contribution is 7.12. The zero-order valence-corrected chi connectivity index (χ0v) is 16.4. The quantitative estimate of drug-likeness (QED) is 0.874. The van der Waals surface area contributed by atoms with Crippen molar-refractivity contribution in [2.45, 2.75) is 45.6 Å². The number of carbonyl (C=O) groups is 2. The lowest BCUT2D eigenvalue weighted by Crippen LogP contribution is -2.49. The zero-order valence-electron chi connectivity index (χ0n) is 15.6. The Morgan fingerprint density at radius 3 is 2.85 bits per heavy atom. The third-order valence-corrected chi connectivity index (χ3v) is 5.92. The van der Waals surface area contributed by atoms with Crippen LogP contribution in [0, 0.1) is 13.8 Å². The van der Waals surface area contributed by atoms with Gasteiger partial charge in [-0.15, -0.1) is 11.3 Å². The molecular weight excluding hydrogens is 348 g/mol. The minimum atomic E-state index is 0.0382. The van der Waals surface area contributed by atoms with Gasteiger partial charge < -0.3 is 10.2 Å². The maximum absolute atomic E-state index is 12.5. The molecule has 2 amide bonds. The van der Waals surface area contributed by atoms with Crippen LogP contribution in [0.2, 0.25) is 0 Å². The average molecular weight is 375 g/mol. The maximum atomic E-state index is 12.5. The molecule has 2 aromatic rings. The number of carbonyl (C=O) groups excluding carboxylic acids is 2. The van der Waals surface area contributed by atoms with Crippen LogP contribution in [0.3, 0.4) is 0 Å². The topological polar surface area (TPSA) is 67.2 Å². The van der Waals surface area contributed by atoms with Crippen LogP contribution in [0.4, 0.5) is 0 Å². The third-order valence-electron chi connectivity index (χ3n) is 5.07. The fourth-order valence-corrected chi connectivity index (χ4v) is 4.24. The molecule has 6 nitrogen and oxygen atoms in total. The number of hydrogen-bond acceptors (Lipinski definition) is 4. The standard InChI is InChI=1S/C19H26N4O2S/c1-13-16(14(2)22(3)21-13)8-9-18(24)20-15-6-4-10-23(12-15)19(25)17-7-5-11-26-17/h5,7,11,15H,4,6,8-10,12H2,1-3H3,(H,20,24). The Hall–Kier alpha value is -2.15. The molecule has 26 heavy (non-hydrogen) atoms. The normalized spacial score (nSPS) is 17.3. The van der Waals surface area contributed by atoms with E-state index in [9.17, 15) is 9.59 Å². The van der Waals surface area contributed by atoms with Crippen LogP contribution in [0.5, 0.6) is 0 Å². The van der Waals surface area contributed by atoms with Gasteiger partial charge in [-0.05, 0) is 50.1 Å². The summed E-state index contributed by atoms with van der Waals surface area (Å²) in [7, 11) is 1.92. The number of piperidine rings is 1. The molecule has 3 rings (SSSR count). The number of amides is 2. The number of aryl methyl sites for hydroxylation is 2. The summed E-state index contributed by atoms with van der Waals surface area (Å²) in [5, 5.41) is 9.42. The second-order valence-electron chi connectivity index (χ2n) is 6.91. The molecule has 0 radical (unpaired) electrons. The van der Waals surface area contributed by atoms with E-state index < -0.39 is 0 Å². The van der Waals surface area contributed by atoms with Crippen LogP contribution in [0.15, 0.2) is 17.5 Å². The van der Waals surface area contributed by atoms with Crippen molar-refractivity contribution >= 4 is 23.2 Å². The molecule has 1 unspecified atom stereocenters. The van der Waals surface area contributed by atoms with Crippen LogP contribution >= 0.6 is 11.3 Å². The lowest BCUT2D eigenvalue weighted by molar-refractivity contribution is -0.122. The monoisotopic (exact) mass is 374 g/mol. The largest absolute Gasteiger partial charge is 0.352 e. The van der Waals surface area contributed by atoms with E-state index in [2.05, 4.69) is 10.4 Å². The van der Waals surface area contributed by atoms with E-state index in [1.807, 2.05) is 48.0 Å². The lowest BCUT2D eigenvalue weighted by Gasteiger charge is -2.33. The van der Waals surface area contributed by atoms with Crippen molar-refractivity contribution in [3.8, 4) is 0 Å². The number of nitrogens with zero attached hydrogens (tertiary/aromatic N) is 3. The Morgan fingerprint density at radius 2 is 2.19 bits per heavy atom. The predicted octanol–water partition coefficient (Wildman–Crippen LogP) is 2.45. The molecule has 2 aromatic heterocycles. The van der Waals surface area contributed by atoms with Gasteiger partial charge in [0.15, 0.2) is 0 Å². The summed E-state index contributed by atoms with van der Waals surface area (Å²) in [6.07, 6.45) is 2.98. The summed E-state index contributed by atoms with van der Waals surface area (Å²) in [5.74, 6) is 0.114. The molecule has 140 valence electrons. The number of rotatable bonds is 5. The lowest BCUT2D eigenvalue weighted by atomic mass is 10.0. The number of hydrogen-bond donors (Lipinski definition) is 1. The van der Waals surface area contributed by atoms with Crippen molar-refractivity contribution in [2.24, 2.45) is 7.05 Å². The summed E-state index contributed by atoms with van der Waals surface area (Å²) in [6.45, 7) is 5.36. The van der Waals surface area contributed by atoms with Crippen molar-refractivity contribution in [1.82, 2.24) is 20.0 Å². The number of thiophene rings is 1. The molecule has 1 atom stereocenters. The van der Waals surface area contributed by atoms with Crippen molar-refractivity contribution < 1.29 is 9.59 Å². The predicted molar refractivity (Wildman–Crippen MR) is 102 cm³/mol. The Bertz CT molecular complexity index is 782. The summed E-state index contributed by atoms with van der Waals surface area (Å²) in [4.78, 5) is 27.5. The number of aromatic nitrogens is 2. The van der Waals surface area contributed by atoms with Crippen LogP contribution in [0.25, 0.3) is 0 Å². The van der Waals surface area contributed by atoms with Gasteiger partial charge in [0.05, 0.1) is 10.6 Å². The molecular formula is C19H26N4O2S. The highest BCUT2D eigenvalue weighted by atomic mass is 32.1. The fourth-order valence-electron chi connectivity index (χ4n) is 3.55. The molecule has 1 aliphatic rings. The van der Waals surface area contributed by atoms with Gasteiger partial charge in [-0.2, -0.15) is 5.10 Å². The van der Waals surface area contributed by atoms with Crippen LogP contribution < -0.4 is 5.32 Å². The molecule has 0 aliphatic carbocycles. The number of likely N-dealkylation sites (tertiary alicyclic amines) is 1. The molecule has 3 heterocycles. The SMILES string of the molecule is Cc1nn(C)c(C)c1CCC(=O)NC1CCCN(C(=O)c2cccs2)C1. The second-order valence-corrected chi connectivity index (χ2v) is 7.86. The van der Waals surface area contributed by atoms with E-state index in [0.717, 1.165) is 41.2 Å². The maximum Gasteiger partial charge on any atom is 0.263 e. The molecule has 0 saturated carbocycles. The molecule has 1 N–H and O–H groups in total. The molecule has 7 heteroatoms. The van der Waals surface area contributed by atoms with E-state index >= 15 is 0 Å². The highest BCUT2D eigenvalue weighted by Gasteiger charge is 2.26. The molecule has 1 saturated heterocycles. The van der Waals surface area contributed by atoms with E-state index in [1.54, 1.807) is 0 Å². The van der Waals surface area contributed by atoms with Gasteiger partial charge in [-0.1, -0.05) is 6.07 Å². The first kappa shape index (κ1) is 18.6. The van der Waals surface area contributed by atoms with Crippen LogP contribution in [-0.2, 0) is 18.3 Å². The summed E-state index contributed by atoms with van der Waals surface area (Å²) in [5.41, 5.74) is 3.25. The van der Waals surface area contributed by atoms with Gasteiger partial charge in [-0.25, -0.2) is 0 Å². The first-order valence-electron chi connectivity index (χ1n) is 9.07. The average Bonchev–Trinajstić information content (AvgIpc) is 3.23. The molecule has 0 bridgehead atoms. The minimum absolute atomic E-state index is 0.0382. The van der Waals surface area contributed by atoms with E-state index in [0.29, 0.717) is 19.4 Å². The Morgan fingerprint density at radius 1 is 1.38 bits per heavy atom. The molecule has 0 spiro atoms. The number of nitrogens with one attached hydrogen (secondary N) is 1. The van der Waals surface area contributed by atoms with Gasteiger partial charge >= 0.3 is 0 Å². The van der Waals surface area contributed by atoms with Crippen molar-refractivity contribution in [2.75, 3.05) is 13.1 Å². The third kappa shape index (κ3) is 4.15. The first-order chi connectivity index (χ1) is 12.5. The van der Waals surface area contributed by atoms with Gasteiger partial charge in [0.2, 0.25) is 5.91 Å². The summed E-state index contributed by atoms with van der Waals surface area (Å²) < 4.78 is 1.86. The minimum Gasteiger partial charge on any atom is -0.352 e. The molecule has 0 aromatic carbocycles. The van der Waals surface area contributed by atoms with Gasteiger partial charge in [-0.3, -0.25) is 14.3 Å². The summed E-state index contributed by atoms with van der Waals surface area (Å²) in [6, 6.07) is 3.79. The fraction of sp³-hybridized carbons (Fsp3) is 0.526. The van der Waals surface area contributed by atoms with Crippen LogP contribution in [-0.4, -0.2) is 45.6 Å². The van der Waals surface area contributed by atoms with Gasteiger partial charge in [0.1, 0.15) is 0 Å². The highest BCUT2D eigenvalue weighted by Crippen LogP contribution is 2.18. The molecule has 1 aliphatic heterocycles. The van der Waals surface area contributed by atoms with E-state index in [-0.39, 0.29) is 17.9 Å². The first-order valence-corrected chi connectivity index (χ1v) is 9.95. The Kier molecular flexibility index (Phi) is 5.76. The summed E-state index contributed by atoms with van der Waals surface area (Å²) >= 11 is 1.46. The van der Waals surface area contributed by atoms with Gasteiger partial charge in [0.25, 0.3) is 5.91 Å². The zero-order chi connectivity index (χ0) is 18.7. The van der Waals surface area contributed by atoms with Crippen LogP contribution in [0.1, 0.15) is 45.9 Å². The smallest absolute Gasteiger partial charge is 0.263 e. The molecule has 1 fully saturated rings. The van der Waals surface area contributed by atoms with Crippen molar-refractivity contribution in [3.05, 3.63) is 39.3 Å². The van der Waals surface area contributed by atoms with E-state index in [1.165, 1.54) is 11.3 Å². The van der Waals surface area contributed by atoms with Crippen molar-refractivity contribution in [3.63, 3.8) is 0 Å². The Labute approximate surface area is 158 Å². The Balaban J connectivity index is 1.51. The van der Waals surface area contributed by atoms with E-state index in [4.69, 9.17) is 0 Å². The van der Waals surface area contributed by atoms with Crippen molar-refractivity contribution in [1.29, 1.82) is 0 Å².